The van der Waals surface area contributed by atoms with E-state index in [1.54, 1.807) is 13.1 Å². The summed E-state index contributed by atoms with van der Waals surface area (Å²) in [7, 11) is 0. The van der Waals surface area contributed by atoms with Crippen LogP contribution >= 0.6 is 0 Å². The molecule has 1 aromatic heterocycles. The quantitative estimate of drug-likeness (QED) is 0.787. The van der Waals surface area contributed by atoms with E-state index >= 15 is 0 Å². The maximum atomic E-state index is 12.8. The molecule has 2 aromatic rings. The van der Waals surface area contributed by atoms with Crippen LogP contribution in [0.5, 0.6) is 0 Å². The number of nitriles is 1. The lowest BCUT2D eigenvalue weighted by molar-refractivity contribution is -0.117. The number of benzene rings is 1. The van der Waals surface area contributed by atoms with Crippen LogP contribution in [0, 0.1) is 23.2 Å². The van der Waals surface area contributed by atoms with Gasteiger partial charge in [0.05, 0.1) is 31.6 Å². The van der Waals surface area contributed by atoms with E-state index in [0.29, 0.717) is 24.0 Å². The Kier molecular flexibility index (Phi) is 5.40. The number of hydrogen-bond acceptors (Lipinski definition) is 6. The topological polar surface area (TPSA) is 91.1 Å². The molecule has 1 aliphatic carbocycles. The lowest BCUT2D eigenvalue weighted by Gasteiger charge is -2.46. The van der Waals surface area contributed by atoms with Crippen LogP contribution in [0.25, 0.3) is 5.57 Å². The second-order valence-electron chi connectivity index (χ2n) is 8.92. The molecule has 0 saturated heterocycles. The number of aromatic nitrogens is 2. The molecule has 5 rings (SSSR count). The zero-order valence-corrected chi connectivity index (χ0v) is 18.4. The van der Waals surface area contributed by atoms with Gasteiger partial charge in [-0.3, -0.25) is 4.79 Å². The van der Waals surface area contributed by atoms with Crippen molar-refractivity contribution in [1.82, 2.24) is 9.97 Å². The summed E-state index contributed by atoms with van der Waals surface area (Å²) < 4.78 is 5.49. The maximum Gasteiger partial charge on any atom is 0.224 e. The van der Waals surface area contributed by atoms with Crippen LogP contribution < -0.4 is 10.2 Å². The van der Waals surface area contributed by atoms with Crippen molar-refractivity contribution < 1.29 is 9.53 Å². The van der Waals surface area contributed by atoms with Gasteiger partial charge in [-0.1, -0.05) is 19.1 Å². The molecule has 1 amide bonds. The van der Waals surface area contributed by atoms with Crippen molar-refractivity contribution in [3.63, 3.8) is 0 Å². The molecular weight excluding hydrogens is 402 g/mol. The van der Waals surface area contributed by atoms with E-state index < -0.39 is 0 Å². The van der Waals surface area contributed by atoms with Crippen LogP contribution in [0.1, 0.15) is 56.0 Å². The molecule has 1 fully saturated rings. The highest BCUT2D eigenvalue weighted by Crippen LogP contribution is 2.50. The Balaban J connectivity index is 1.59. The summed E-state index contributed by atoms with van der Waals surface area (Å²) >= 11 is 0. The van der Waals surface area contributed by atoms with Crippen molar-refractivity contribution in [3.8, 4) is 6.07 Å². The number of carbonyl (C=O) groups excluding carboxylic acids is 1. The van der Waals surface area contributed by atoms with E-state index in [-0.39, 0.29) is 23.9 Å². The van der Waals surface area contributed by atoms with E-state index in [0.717, 1.165) is 37.1 Å². The average Bonchev–Trinajstić information content (AvgIpc) is 3.66. The Morgan fingerprint density at radius 3 is 2.75 bits per heavy atom. The Morgan fingerprint density at radius 1 is 1.28 bits per heavy atom. The Bertz CT molecular complexity index is 1100. The monoisotopic (exact) mass is 429 g/mol. The van der Waals surface area contributed by atoms with Gasteiger partial charge in [-0.2, -0.15) is 5.26 Å². The van der Waals surface area contributed by atoms with Gasteiger partial charge in [-0.25, -0.2) is 9.97 Å². The normalized spacial score (nSPS) is 24.8. The van der Waals surface area contributed by atoms with Crippen LogP contribution in [0.2, 0.25) is 0 Å². The Hall–Kier alpha value is -3.24. The fraction of sp³-hybridized carbons (Fsp3) is 0.440. The van der Waals surface area contributed by atoms with Crippen molar-refractivity contribution in [1.29, 1.82) is 5.26 Å². The molecule has 3 heterocycles. The summed E-state index contributed by atoms with van der Waals surface area (Å²) in [5.41, 5.74) is 4.82. The lowest BCUT2D eigenvalue weighted by atomic mass is 9.79. The third-order valence-electron chi connectivity index (χ3n) is 6.83. The smallest absolute Gasteiger partial charge is 0.224 e. The van der Waals surface area contributed by atoms with Gasteiger partial charge >= 0.3 is 0 Å². The summed E-state index contributed by atoms with van der Waals surface area (Å²) in [5.74, 6) is 1.43. The standard InChI is InChI=1S/C25H27N5O2/c1-15-24(29-23-14-27-20(12-26)13-28-23)21-11-19(17-7-9-32-10-8-17)5-6-22(21)30(16(2)31)25(15)18-3-4-18/h5-7,11,13-15,18,24-25H,3-4,8-10H2,1-2H3,(H,28,29)/t15-,24?,25-/m1/s1. The van der Waals surface area contributed by atoms with Crippen molar-refractivity contribution in [2.24, 2.45) is 11.8 Å². The Labute approximate surface area is 188 Å². The zero-order chi connectivity index (χ0) is 22.2. The molecule has 1 saturated carbocycles. The number of hydrogen-bond donors (Lipinski definition) is 1. The maximum absolute atomic E-state index is 12.8. The third-order valence-corrected chi connectivity index (χ3v) is 6.83. The molecule has 164 valence electrons. The predicted octanol–water partition coefficient (Wildman–Crippen LogP) is 4.09. The van der Waals surface area contributed by atoms with Gasteiger partial charge in [0, 0.05) is 24.6 Å². The van der Waals surface area contributed by atoms with E-state index in [1.165, 1.54) is 17.3 Å². The zero-order valence-electron chi connectivity index (χ0n) is 18.4. The van der Waals surface area contributed by atoms with Gasteiger partial charge in [-0.15, -0.1) is 0 Å². The highest BCUT2D eigenvalue weighted by Gasteiger charge is 2.47. The number of fused-ring (bicyclic) bond motifs is 1. The lowest BCUT2D eigenvalue weighted by Crippen LogP contribution is -2.51. The van der Waals surface area contributed by atoms with Gasteiger partial charge < -0.3 is 15.0 Å². The first-order chi connectivity index (χ1) is 15.6. The summed E-state index contributed by atoms with van der Waals surface area (Å²) in [5, 5.41) is 12.6. The first-order valence-corrected chi connectivity index (χ1v) is 11.3. The summed E-state index contributed by atoms with van der Waals surface area (Å²) in [6.45, 7) is 5.25. The molecule has 1 N–H and O–H groups in total. The molecule has 7 nitrogen and oxygen atoms in total. The first-order valence-electron chi connectivity index (χ1n) is 11.3. The van der Waals surface area contributed by atoms with Gasteiger partial charge in [0.2, 0.25) is 5.91 Å². The van der Waals surface area contributed by atoms with Crippen molar-refractivity contribution in [2.75, 3.05) is 23.4 Å². The molecule has 0 spiro atoms. The summed E-state index contributed by atoms with van der Waals surface area (Å²) in [4.78, 5) is 23.4. The third kappa shape index (κ3) is 3.76. The predicted molar refractivity (Wildman–Crippen MR) is 122 cm³/mol. The van der Waals surface area contributed by atoms with Gasteiger partial charge in [0.25, 0.3) is 0 Å². The minimum absolute atomic E-state index is 0.0196. The molecule has 1 unspecified atom stereocenters. The number of carbonyl (C=O) groups is 1. The second kappa shape index (κ2) is 8.36. The van der Waals surface area contributed by atoms with Crippen LogP contribution in [0.15, 0.2) is 36.7 Å². The van der Waals surface area contributed by atoms with E-state index in [9.17, 15) is 4.79 Å². The molecule has 3 atom stereocenters. The minimum Gasteiger partial charge on any atom is -0.377 e. The first kappa shape index (κ1) is 20.7. The average molecular weight is 430 g/mol. The number of rotatable bonds is 4. The molecule has 1 aromatic carbocycles. The molecule has 0 radical (unpaired) electrons. The van der Waals surface area contributed by atoms with E-state index in [4.69, 9.17) is 10.00 Å². The molecule has 32 heavy (non-hydrogen) atoms. The summed E-state index contributed by atoms with van der Waals surface area (Å²) in [6.07, 6.45) is 8.43. The number of nitrogens with one attached hydrogen (secondary N) is 1. The van der Waals surface area contributed by atoms with E-state index in [2.05, 4.69) is 46.5 Å². The largest absolute Gasteiger partial charge is 0.377 e. The van der Waals surface area contributed by atoms with Crippen molar-refractivity contribution in [3.05, 3.63) is 53.5 Å². The molecule has 0 bridgehead atoms. The Morgan fingerprint density at radius 2 is 2.12 bits per heavy atom. The highest BCUT2D eigenvalue weighted by molar-refractivity contribution is 5.94. The number of anilines is 2. The van der Waals surface area contributed by atoms with Crippen LogP contribution in [-0.4, -0.2) is 35.1 Å². The van der Waals surface area contributed by atoms with Crippen LogP contribution in [0.3, 0.4) is 0 Å². The van der Waals surface area contributed by atoms with E-state index in [1.807, 2.05) is 11.0 Å². The van der Waals surface area contributed by atoms with Gasteiger partial charge in [0.1, 0.15) is 11.9 Å². The SMILES string of the molecule is CC(=O)N1c2ccc(C3=CCOCC3)cc2C(Nc2cnc(C#N)cn2)[C@@H](C)[C@@H]1C1CC1. The van der Waals surface area contributed by atoms with Crippen molar-refractivity contribution in [2.45, 2.75) is 45.2 Å². The highest BCUT2D eigenvalue weighted by atomic mass is 16.5. The fourth-order valence-corrected chi connectivity index (χ4v) is 5.17. The number of ether oxygens (including phenoxy) is 1. The van der Waals surface area contributed by atoms with Crippen LogP contribution in [-0.2, 0) is 9.53 Å². The number of nitrogens with zero attached hydrogens (tertiary/aromatic N) is 4. The number of amides is 1. The molecule has 3 aliphatic rings. The summed E-state index contributed by atoms with van der Waals surface area (Å²) in [6, 6.07) is 8.59. The van der Waals surface area contributed by atoms with Crippen molar-refractivity contribution >= 4 is 23.0 Å². The minimum atomic E-state index is -0.0196. The van der Waals surface area contributed by atoms with Gasteiger partial charge in [0.15, 0.2) is 5.69 Å². The van der Waals surface area contributed by atoms with Gasteiger partial charge in [-0.05, 0) is 54.0 Å². The fourth-order valence-electron chi connectivity index (χ4n) is 5.17. The van der Waals surface area contributed by atoms with Crippen LogP contribution in [0.4, 0.5) is 11.5 Å². The molecular formula is C25H27N5O2. The molecule has 2 aliphatic heterocycles. The second-order valence-corrected chi connectivity index (χ2v) is 8.92. The molecule has 7 heteroatoms.